The van der Waals surface area contributed by atoms with Crippen molar-refractivity contribution >= 4 is 0 Å². The summed E-state index contributed by atoms with van der Waals surface area (Å²) in [7, 11) is 0. The molecular formula is C13H21F2N3O. The molecule has 0 aromatic carbocycles. The molecule has 1 N–H and O–H groups in total. The molecule has 1 aromatic heterocycles. The van der Waals surface area contributed by atoms with Gasteiger partial charge in [-0.2, -0.15) is 5.10 Å². The van der Waals surface area contributed by atoms with Gasteiger partial charge in [-0.1, -0.05) is 0 Å². The maximum atomic E-state index is 13.5. The van der Waals surface area contributed by atoms with Crippen LogP contribution < -0.4 is 0 Å². The molecule has 2 rings (SSSR count). The number of aryl methyl sites for hydroxylation is 1. The van der Waals surface area contributed by atoms with Gasteiger partial charge in [0.2, 0.25) is 0 Å². The van der Waals surface area contributed by atoms with Crippen LogP contribution in [-0.4, -0.2) is 45.4 Å². The van der Waals surface area contributed by atoms with Gasteiger partial charge >= 0.3 is 0 Å². The van der Waals surface area contributed by atoms with E-state index < -0.39 is 18.4 Å². The molecule has 0 aliphatic carbocycles. The van der Waals surface area contributed by atoms with Crippen molar-refractivity contribution in [2.24, 2.45) is 5.92 Å². The topological polar surface area (TPSA) is 41.3 Å². The lowest BCUT2D eigenvalue weighted by Gasteiger charge is -2.37. The van der Waals surface area contributed by atoms with Gasteiger partial charge in [-0.05, 0) is 13.8 Å². The summed E-state index contributed by atoms with van der Waals surface area (Å²) in [5, 5.41) is 13.3. The molecular weight excluding hydrogens is 252 g/mol. The van der Waals surface area contributed by atoms with Crippen molar-refractivity contribution in [2.75, 3.05) is 19.7 Å². The van der Waals surface area contributed by atoms with Crippen LogP contribution in [0.2, 0.25) is 0 Å². The van der Waals surface area contributed by atoms with Crippen molar-refractivity contribution in [2.45, 2.75) is 39.3 Å². The second kappa shape index (κ2) is 5.54. The van der Waals surface area contributed by atoms with E-state index in [1.807, 2.05) is 23.4 Å². The highest BCUT2D eigenvalue weighted by molar-refractivity contribution is 5.16. The van der Waals surface area contributed by atoms with E-state index in [0.717, 1.165) is 17.8 Å². The lowest BCUT2D eigenvalue weighted by molar-refractivity contribution is -0.121. The molecule has 6 heteroatoms. The van der Waals surface area contributed by atoms with Gasteiger partial charge in [0.25, 0.3) is 5.92 Å². The Labute approximate surface area is 112 Å². The first-order chi connectivity index (χ1) is 8.97. The number of piperidine rings is 1. The number of hydrogen-bond acceptors (Lipinski definition) is 3. The summed E-state index contributed by atoms with van der Waals surface area (Å²) >= 11 is 0. The minimum atomic E-state index is -2.74. The number of nitrogens with zero attached hydrogens (tertiary/aromatic N) is 3. The molecule has 108 valence electrons. The molecule has 0 bridgehead atoms. The first kappa shape index (κ1) is 14.4. The molecule has 19 heavy (non-hydrogen) atoms. The summed E-state index contributed by atoms with van der Waals surface area (Å²) in [6, 6.07) is 0. The average Bonchev–Trinajstić information content (AvgIpc) is 2.72. The van der Waals surface area contributed by atoms with E-state index in [9.17, 15) is 8.78 Å². The van der Waals surface area contributed by atoms with E-state index in [1.54, 1.807) is 6.20 Å². The number of likely N-dealkylation sites (tertiary alicyclic amines) is 1. The van der Waals surface area contributed by atoms with Crippen molar-refractivity contribution < 1.29 is 13.9 Å². The van der Waals surface area contributed by atoms with Crippen LogP contribution in [0.1, 0.15) is 24.6 Å². The van der Waals surface area contributed by atoms with Gasteiger partial charge in [-0.3, -0.25) is 9.58 Å². The predicted molar refractivity (Wildman–Crippen MR) is 68.1 cm³/mol. The SMILES string of the molecule is CCn1ncc(CN2CCC(F)(F)C(CO)C2)c1C. The molecule has 1 aliphatic heterocycles. The standard InChI is InChI=1S/C13H21F2N3O/c1-3-18-10(2)11(6-16-18)7-17-5-4-13(14,15)12(8-17)9-19/h6,12,19H,3-5,7-9H2,1-2H3. The summed E-state index contributed by atoms with van der Waals surface area (Å²) in [6.07, 6.45) is 1.62. The fourth-order valence-corrected chi connectivity index (χ4v) is 2.58. The number of aliphatic hydroxyl groups is 1. The highest BCUT2D eigenvalue weighted by atomic mass is 19.3. The second-order valence-electron chi connectivity index (χ2n) is 5.20. The van der Waals surface area contributed by atoms with Crippen LogP contribution in [0.5, 0.6) is 0 Å². The van der Waals surface area contributed by atoms with Crippen LogP contribution in [0.4, 0.5) is 8.78 Å². The van der Waals surface area contributed by atoms with Gasteiger partial charge in [0.05, 0.1) is 18.7 Å². The third-order valence-corrected chi connectivity index (χ3v) is 3.96. The Hall–Kier alpha value is -1.01. The number of alkyl halides is 2. The molecule has 1 atom stereocenters. The first-order valence-corrected chi connectivity index (χ1v) is 6.70. The van der Waals surface area contributed by atoms with Crippen LogP contribution in [0.3, 0.4) is 0 Å². The lowest BCUT2D eigenvalue weighted by Crippen LogP contribution is -2.48. The van der Waals surface area contributed by atoms with Crippen molar-refractivity contribution in [3.05, 3.63) is 17.5 Å². The number of hydrogen-bond donors (Lipinski definition) is 1. The van der Waals surface area contributed by atoms with Gasteiger partial charge < -0.3 is 5.11 Å². The first-order valence-electron chi connectivity index (χ1n) is 6.70. The van der Waals surface area contributed by atoms with Crippen LogP contribution in [0.25, 0.3) is 0 Å². The second-order valence-corrected chi connectivity index (χ2v) is 5.20. The molecule has 0 radical (unpaired) electrons. The van der Waals surface area contributed by atoms with Crippen molar-refractivity contribution in [1.82, 2.24) is 14.7 Å². The fraction of sp³-hybridized carbons (Fsp3) is 0.769. The third-order valence-electron chi connectivity index (χ3n) is 3.96. The van der Waals surface area contributed by atoms with E-state index in [1.165, 1.54) is 0 Å². The fourth-order valence-electron chi connectivity index (χ4n) is 2.58. The van der Waals surface area contributed by atoms with E-state index in [2.05, 4.69) is 5.10 Å². The summed E-state index contributed by atoms with van der Waals surface area (Å²) in [5.41, 5.74) is 2.16. The number of aromatic nitrogens is 2. The maximum Gasteiger partial charge on any atom is 0.255 e. The molecule has 0 spiro atoms. The highest BCUT2D eigenvalue weighted by Crippen LogP contribution is 2.33. The summed E-state index contributed by atoms with van der Waals surface area (Å²) in [5.74, 6) is -3.70. The summed E-state index contributed by atoms with van der Waals surface area (Å²) in [4.78, 5) is 1.97. The largest absolute Gasteiger partial charge is 0.396 e. The summed E-state index contributed by atoms with van der Waals surface area (Å²) < 4.78 is 28.9. The Kier molecular flexibility index (Phi) is 4.20. The minimum absolute atomic E-state index is 0.181. The van der Waals surface area contributed by atoms with Crippen LogP contribution >= 0.6 is 0 Å². The summed E-state index contributed by atoms with van der Waals surface area (Å²) in [6.45, 7) is 5.58. The van der Waals surface area contributed by atoms with Crippen LogP contribution in [-0.2, 0) is 13.1 Å². The van der Waals surface area contributed by atoms with Gasteiger partial charge in [-0.25, -0.2) is 8.78 Å². The molecule has 0 amide bonds. The van der Waals surface area contributed by atoms with Gasteiger partial charge in [0, 0.05) is 43.9 Å². The van der Waals surface area contributed by atoms with Crippen molar-refractivity contribution in [1.29, 1.82) is 0 Å². The quantitative estimate of drug-likeness (QED) is 0.907. The average molecular weight is 273 g/mol. The molecule has 1 saturated heterocycles. The van der Waals surface area contributed by atoms with Crippen LogP contribution in [0.15, 0.2) is 6.20 Å². The smallest absolute Gasteiger partial charge is 0.255 e. The lowest BCUT2D eigenvalue weighted by atomic mass is 9.94. The van der Waals surface area contributed by atoms with Gasteiger partial charge in [0.15, 0.2) is 0 Å². The molecule has 1 unspecified atom stereocenters. The Morgan fingerprint density at radius 1 is 1.53 bits per heavy atom. The molecule has 4 nitrogen and oxygen atoms in total. The van der Waals surface area contributed by atoms with Crippen molar-refractivity contribution in [3.8, 4) is 0 Å². The minimum Gasteiger partial charge on any atom is -0.396 e. The Bertz CT molecular complexity index is 434. The van der Waals surface area contributed by atoms with E-state index in [-0.39, 0.29) is 13.0 Å². The molecule has 1 aliphatic rings. The molecule has 2 heterocycles. The van der Waals surface area contributed by atoms with Crippen LogP contribution in [0, 0.1) is 12.8 Å². The molecule has 0 saturated carbocycles. The zero-order chi connectivity index (χ0) is 14.0. The third kappa shape index (κ3) is 2.95. The number of aliphatic hydroxyl groups excluding tert-OH is 1. The predicted octanol–water partition coefficient (Wildman–Crippen LogP) is 1.66. The van der Waals surface area contributed by atoms with Gasteiger partial charge in [-0.15, -0.1) is 0 Å². The van der Waals surface area contributed by atoms with E-state index >= 15 is 0 Å². The maximum absolute atomic E-state index is 13.5. The zero-order valence-electron chi connectivity index (χ0n) is 11.4. The normalized spacial score (nSPS) is 23.7. The van der Waals surface area contributed by atoms with E-state index in [4.69, 9.17) is 5.11 Å². The van der Waals surface area contributed by atoms with E-state index in [0.29, 0.717) is 13.1 Å². The highest BCUT2D eigenvalue weighted by Gasteiger charge is 2.43. The molecule has 1 aromatic rings. The monoisotopic (exact) mass is 273 g/mol. The molecule has 1 fully saturated rings. The van der Waals surface area contributed by atoms with Gasteiger partial charge in [0.1, 0.15) is 0 Å². The Balaban J connectivity index is 2.02. The Morgan fingerprint density at radius 3 is 2.84 bits per heavy atom. The number of rotatable bonds is 4. The zero-order valence-corrected chi connectivity index (χ0v) is 11.4. The van der Waals surface area contributed by atoms with Crippen molar-refractivity contribution in [3.63, 3.8) is 0 Å². The Morgan fingerprint density at radius 2 is 2.26 bits per heavy atom. The number of halogens is 2.